The van der Waals surface area contributed by atoms with E-state index in [1.807, 2.05) is 5.32 Å². The molecule has 0 heterocycles. The van der Waals surface area contributed by atoms with Crippen molar-refractivity contribution in [1.82, 2.24) is 5.32 Å². The lowest BCUT2D eigenvalue weighted by molar-refractivity contribution is 0.0527. The highest BCUT2D eigenvalue weighted by Gasteiger charge is 2.19. The minimum Gasteiger partial charge on any atom is -0.462 e. The Hall–Kier alpha value is -4.47. The molecule has 3 aromatic rings. The van der Waals surface area contributed by atoms with E-state index in [2.05, 4.69) is 15.5 Å². The zero-order chi connectivity index (χ0) is 23.8. The van der Waals surface area contributed by atoms with Crippen LogP contribution in [0.25, 0.3) is 0 Å². The molecule has 0 aliphatic heterocycles. The van der Waals surface area contributed by atoms with Crippen LogP contribution in [0.2, 0.25) is 0 Å². The predicted octanol–water partition coefficient (Wildman–Crippen LogP) is 5.52. The van der Waals surface area contributed by atoms with E-state index in [1.165, 1.54) is 18.2 Å². The molecule has 168 valence electrons. The van der Waals surface area contributed by atoms with Crippen molar-refractivity contribution in [2.75, 3.05) is 11.9 Å². The van der Waals surface area contributed by atoms with Gasteiger partial charge in [0.15, 0.2) is 0 Å². The van der Waals surface area contributed by atoms with Gasteiger partial charge in [0.25, 0.3) is 5.91 Å². The third-order valence-electron chi connectivity index (χ3n) is 4.23. The summed E-state index contributed by atoms with van der Waals surface area (Å²) in [6.07, 6.45) is 0. The van der Waals surface area contributed by atoms with E-state index in [1.54, 1.807) is 37.3 Å². The van der Waals surface area contributed by atoms with Crippen molar-refractivity contribution in [1.29, 1.82) is 0 Å². The molecule has 0 saturated carbocycles. The lowest BCUT2D eigenvalue weighted by atomic mass is 10.2. The highest BCUT2D eigenvalue weighted by atomic mass is 19.1. The number of hydrogen-bond donors (Lipinski definition) is 2. The van der Waals surface area contributed by atoms with E-state index in [0.717, 1.165) is 18.2 Å². The molecule has 8 nitrogen and oxygen atoms in total. The molecule has 0 fully saturated rings. The first kappa shape index (κ1) is 23.2. The third kappa shape index (κ3) is 5.82. The van der Waals surface area contributed by atoms with Crippen LogP contribution < -0.4 is 10.6 Å². The molecular weight excluding hydrogens is 434 g/mol. The molecule has 0 aliphatic carbocycles. The Kier molecular flexibility index (Phi) is 7.53. The van der Waals surface area contributed by atoms with Crippen LogP contribution in [0.4, 0.5) is 30.6 Å². The second-order valence-corrected chi connectivity index (χ2v) is 6.46. The third-order valence-corrected chi connectivity index (χ3v) is 4.23. The maximum absolute atomic E-state index is 13.7. The molecule has 33 heavy (non-hydrogen) atoms. The van der Waals surface area contributed by atoms with Gasteiger partial charge in [-0.3, -0.25) is 10.1 Å². The zero-order valence-corrected chi connectivity index (χ0v) is 17.3. The van der Waals surface area contributed by atoms with Crippen LogP contribution in [-0.2, 0) is 4.74 Å². The van der Waals surface area contributed by atoms with Gasteiger partial charge in [-0.1, -0.05) is 30.3 Å². The number of carbonyl (C=O) groups excluding carboxylic acids is 3. The number of halogens is 2. The normalized spacial score (nSPS) is 10.6. The molecule has 0 atom stereocenters. The number of nitrogens with one attached hydrogen (secondary N) is 2. The largest absolute Gasteiger partial charge is 0.462 e. The summed E-state index contributed by atoms with van der Waals surface area (Å²) in [5.41, 5.74) is -0.0506. The van der Waals surface area contributed by atoms with Gasteiger partial charge in [-0.05, 0) is 43.3 Å². The quantitative estimate of drug-likeness (QED) is 0.379. The first-order valence-electron chi connectivity index (χ1n) is 9.74. The maximum Gasteiger partial charge on any atom is 0.340 e. The lowest BCUT2D eigenvalue weighted by Crippen LogP contribution is -2.35. The Morgan fingerprint density at radius 3 is 2.15 bits per heavy atom. The van der Waals surface area contributed by atoms with Crippen LogP contribution in [0.15, 0.2) is 77.0 Å². The number of azo groups is 1. The Morgan fingerprint density at radius 2 is 1.45 bits per heavy atom. The molecule has 3 amide bonds. The number of para-hydroxylation sites is 1. The molecule has 0 bridgehead atoms. The van der Waals surface area contributed by atoms with Crippen molar-refractivity contribution in [3.8, 4) is 0 Å². The van der Waals surface area contributed by atoms with Gasteiger partial charge in [0.1, 0.15) is 28.6 Å². The number of hydrogen-bond acceptors (Lipinski definition) is 6. The molecule has 3 aromatic carbocycles. The number of urea groups is 1. The summed E-state index contributed by atoms with van der Waals surface area (Å²) in [7, 11) is 0. The van der Waals surface area contributed by atoms with Gasteiger partial charge in [-0.25, -0.2) is 18.4 Å². The first-order valence-corrected chi connectivity index (χ1v) is 9.74. The number of imide groups is 1. The standard InChI is InChI=1S/C23H18F2N4O4/c1-2-33-22(31)14-8-3-4-11-17(14)28-29-19-13-6-5-12-18(19)26-23(32)27-21(30)20-15(24)9-7-10-16(20)25/h3-13H,2H2,1H3,(H2,26,27,30,32). The average Bonchev–Trinajstić information content (AvgIpc) is 2.78. The number of nitrogens with zero attached hydrogens (tertiary/aromatic N) is 2. The number of carbonyl (C=O) groups is 3. The fraction of sp³-hybridized carbons (Fsp3) is 0.0870. The van der Waals surface area contributed by atoms with E-state index in [-0.39, 0.29) is 29.2 Å². The molecule has 0 aromatic heterocycles. The summed E-state index contributed by atoms with van der Waals surface area (Å²) in [4.78, 5) is 36.4. The average molecular weight is 452 g/mol. The van der Waals surface area contributed by atoms with Crippen molar-refractivity contribution >= 4 is 35.0 Å². The SMILES string of the molecule is CCOC(=O)c1ccccc1N=Nc1ccccc1NC(=O)NC(=O)c1c(F)cccc1F. The maximum atomic E-state index is 13.7. The van der Waals surface area contributed by atoms with Gasteiger partial charge in [-0.15, -0.1) is 10.2 Å². The lowest BCUT2D eigenvalue weighted by Gasteiger charge is -2.09. The van der Waals surface area contributed by atoms with E-state index in [9.17, 15) is 23.2 Å². The molecule has 0 saturated heterocycles. The molecule has 0 radical (unpaired) electrons. The minimum atomic E-state index is -1.24. The molecule has 0 unspecified atom stereocenters. The fourth-order valence-corrected chi connectivity index (χ4v) is 2.75. The second-order valence-electron chi connectivity index (χ2n) is 6.46. The summed E-state index contributed by atoms with van der Waals surface area (Å²) in [5, 5.41) is 12.4. The topological polar surface area (TPSA) is 109 Å². The Balaban J connectivity index is 1.77. The minimum absolute atomic E-state index is 0.161. The number of rotatable bonds is 6. The Morgan fingerprint density at radius 1 is 0.848 bits per heavy atom. The summed E-state index contributed by atoms with van der Waals surface area (Å²) in [5.74, 6) is -4.01. The monoisotopic (exact) mass is 452 g/mol. The van der Waals surface area contributed by atoms with Crippen molar-refractivity contribution in [2.24, 2.45) is 10.2 Å². The van der Waals surface area contributed by atoms with Gasteiger partial charge in [0.2, 0.25) is 0 Å². The van der Waals surface area contributed by atoms with Crippen LogP contribution in [0, 0.1) is 11.6 Å². The molecule has 0 aliphatic rings. The van der Waals surface area contributed by atoms with Crippen LogP contribution in [0.5, 0.6) is 0 Å². The summed E-state index contributed by atoms with van der Waals surface area (Å²) in [6, 6.07) is 14.6. The summed E-state index contributed by atoms with van der Waals surface area (Å²) >= 11 is 0. The van der Waals surface area contributed by atoms with Gasteiger partial charge in [-0.2, -0.15) is 0 Å². The highest BCUT2D eigenvalue weighted by molar-refractivity contribution is 6.08. The van der Waals surface area contributed by atoms with Crippen LogP contribution in [0.3, 0.4) is 0 Å². The van der Waals surface area contributed by atoms with Gasteiger partial charge < -0.3 is 10.1 Å². The molecule has 3 rings (SSSR count). The number of esters is 1. The van der Waals surface area contributed by atoms with Gasteiger partial charge >= 0.3 is 12.0 Å². The molecule has 0 spiro atoms. The van der Waals surface area contributed by atoms with Crippen LogP contribution in [0.1, 0.15) is 27.6 Å². The van der Waals surface area contributed by atoms with Gasteiger partial charge in [0, 0.05) is 0 Å². The van der Waals surface area contributed by atoms with E-state index < -0.39 is 35.1 Å². The highest BCUT2D eigenvalue weighted by Crippen LogP contribution is 2.28. The van der Waals surface area contributed by atoms with Gasteiger partial charge in [0.05, 0.1) is 17.9 Å². The Labute approximate surface area is 187 Å². The number of anilines is 1. The van der Waals surface area contributed by atoms with Crippen molar-refractivity contribution in [3.05, 3.63) is 89.5 Å². The number of amides is 3. The van der Waals surface area contributed by atoms with E-state index in [0.29, 0.717) is 0 Å². The molecule has 2 N–H and O–H groups in total. The van der Waals surface area contributed by atoms with E-state index >= 15 is 0 Å². The molecule has 10 heteroatoms. The van der Waals surface area contributed by atoms with Crippen molar-refractivity contribution in [2.45, 2.75) is 6.92 Å². The van der Waals surface area contributed by atoms with E-state index in [4.69, 9.17) is 4.74 Å². The first-order chi connectivity index (χ1) is 15.9. The van der Waals surface area contributed by atoms with Crippen LogP contribution >= 0.6 is 0 Å². The number of benzene rings is 3. The summed E-state index contributed by atoms with van der Waals surface area (Å²) in [6.45, 7) is 1.88. The second kappa shape index (κ2) is 10.7. The fourth-order valence-electron chi connectivity index (χ4n) is 2.75. The molecular formula is C23H18F2N4O4. The summed E-state index contributed by atoms with van der Waals surface area (Å²) < 4.78 is 32.5. The van der Waals surface area contributed by atoms with Crippen molar-refractivity contribution < 1.29 is 27.9 Å². The number of ether oxygens (including phenoxy) is 1. The predicted molar refractivity (Wildman–Crippen MR) is 116 cm³/mol. The van der Waals surface area contributed by atoms with Crippen LogP contribution in [-0.4, -0.2) is 24.5 Å². The van der Waals surface area contributed by atoms with Crippen molar-refractivity contribution in [3.63, 3.8) is 0 Å². The smallest absolute Gasteiger partial charge is 0.340 e. The Bertz CT molecular complexity index is 1210. The zero-order valence-electron chi connectivity index (χ0n) is 17.3.